The molecule has 0 aliphatic carbocycles. The normalized spacial score (nSPS) is 11.1. The third-order valence-corrected chi connectivity index (χ3v) is 4.56. The second-order valence-corrected chi connectivity index (χ2v) is 6.81. The topological polar surface area (TPSA) is 69.0 Å². The number of aromatic nitrogens is 3. The lowest BCUT2D eigenvalue weighted by Crippen LogP contribution is -2.15. The molecule has 1 amide bonds. The number of nitrogens with one attached hydrogen (secondary N) is 1. The molecule has 8 heteroatoms. The smallest absolute Gasteiger partial charge is 0.387 e. The molecule has 0 bridgehead atoms. The van der Waals surface area contributed by atoms with Crippen molar-refractivity contribution in [3.63, 3.8) is 0 Å². The lowest BCUT2D eigenvalue weighted by atomic mass is 10.0. The van der Waals surface area contributed by atoms with Crippen molar-refractivity contribution in [1.82, 2.24) is 14.8 Å². The number of anilines is 1. The number of carbonyl (C=O) groups is 1. The first-order valence-corrected chi connectivity index (χ1v) is 9.16. The predicted octanol–water partition coefficient (Wildman–Crippen LogP) is 4.80. The summed E-state index contributed by atoms with van der Waals surface area (Å²) < 4.78 is 31.7. The molecular formula is C22H18F2N4O2. The van der Waals surface area contributed by atoms with Gasteiger partial charge >= 0.3 is 6.61 Å². The van der Waals surface area contributed by atoms with Crippen molar-refractivity contribution in [3.8, 4) is 17.0 Å². The number of pyridine rings is 1. The van der Waals surface area contributed by atoms with Crippen LogP contribution < -0.4 is 10.1 Å². The Balaban J connectivity index is 1.78. The highest BCUT2D eigenvalue weighted by atomic mass is 19.3. The van der Waals surface area contributed by atoms with Crippen molar-refractivity contribution in [3.05, 3.63) is 72.1 Å². The van der Waals surface area contributed by atoms with E-state index in [2.05, 4.69) is 20.1 Å². The zero-order valence-corrected chi connectivity index (χ0v) is 16.3. The highest BCUT2D eigenvalue weighted by Crippen LogP contribution is 2.30. The lowest BCUT2D eigenvalue weighted by Gasteiger charge is -2.14. The molecule has 0 saturated carbocycles. The van der Waals surface area contributed by atoms with E-state index in [1.807, 2.05) is 18.2 Å². The maximum atomic E-state index is 13.2. The van der Waals surface area contributed by atoms with Gasteiger partial charge in [0, 0.05) is 24.2 Å². The van der Waals surface area contributed by atoms with Crippen LogP contribution in [0.5, 0.6) is 5.75 Å². The van der Waals surface area contributed by atoms with E-state index in [1.165, 1.54) is 6.07 Å². The quantitative estimate of drug-likeness (QED) is 0.515. The molecule has 0 spiro atoms. The van der Waals surface area contributed by atoms with Crippen LogP contribution in [0.1, 0.15) is 15.9 Å². The molecule has 4 aromatic rings. The zero-order chi connectivity index (χ0) is 21.3. The fourth-order valence-corrected chi connectivity index (χ4v) is 3.19. The summed E-state index contributed by atoms with van der Waals surface area (Å²) >= 11 is 0. The van der Waals surface area contributed by atoms with Gasteiger partial charge in [0.05, 0.1) is 28.7 Å². The Labute approximate surface area is 171 Å². The van der Waals surface area contributed by atoms with E-state index in [1.54, 1.807) is 55.3 Å². The van der Waals surface area contributed by atoms with Gasteiger partial charge in [-0.1, -0.05) is 24.3 Å². The summed E-state index contributed by atoms with van der Waals surface area (Å²) in [6.07, 6.45) is 3.46. The van der Waals surface area contributed by atoms with Crippen molar-refractivity contribution in [2.75, 3.05) is 5.32 Å². The van der Waals surface area contributed by atoms with Crippen LogP contribution in [-0.2, 0) is 7.05 Å². The van der Waals surface area contributed by atoms with Crippen LogP contribution in [0.3, 0.4) is 0 Å². The SMILES string of the molecule is Cc1ccc(OC(F)F)c(NC(=O)c2cc(-c3cnn(C)c3)nc3ccccc23)c1. The van der Waals surface area contributed by atoms with Gasteiger partial charge in [-0.05, 0) is 36.8 Å². The summed E-state index contributed by atoms with van der Waals surface area (Å²) in [6.45, 7) is -1.20. The number of amides is 1. The molecule has 0 unspecified atom stereocenters. The first-order valence-electron chi connectivity index (χ1n) is 9.16. The van der Waals surface area contributed by atoms with Gasteiger partial charge in [0.25, 0.3) is 5.91 Å². The zero-order valence-electron chi connectivity index (χ0n) is 16.3. The average molecular weight is 408 g/mol. The highest BCUT2D eigenvalue weighted by molar-refractivity contribution is 6.13. The molecule has 0 fully saturated rings. The highest BCUT2D eigenvalue weighted by Gasteiger charge is 2.17. The van der Waals surface area contributed by atoms with E-state index in [4.69, 9.17) is 0 Å². The Hall–Kier alpha value is -3.81. The fraction of sp³-hybridized carbons (Fsp3) is 0.136. The summed E-state index contributed by atoms with van der Waals surface area (Å²) in [5.41, 5.74) is 3.31. The Morgan fingerprint density at radius 1 is 1.17 bits per heavy atom. The molecule has 1 N–H and O–H groups in total. The summed E-state index contributed by atoms with van der Waals surface area (Å²) in [6, 6.07) is 13.5. The largest absolute Gasteiger partial charge is 0.433 e. The van der Waals surface area contributed by atoms with Gasteiger partial charge in [-0.15, -0.1) is 0 Å². The van der Waals surface area contributed by atoms with Crippen molar-refractivity contribution >= 4 is 22.5 Å². The van der Waals surface area contributed by atoms with Gasteiger partial charge in [-0.25, -0.2) is 4.98 Å². The van der Waals surface area contributed by atoms with Crippen molar-refractivity contribution in [1.29, 1.82) is 0 Å². The van der Waals surface area contributed by atoms with Crippen LogP contribution in [0.25, 0.3) is 22.2 Å². The number of fused-ring (bicyclic) bond motifs is 1. The third kappa shape index (κ3) is 3.98. The van der Waals surface area contributed by atoms with Gasteiger partial charge in [0.15, 0.2) is 0 Å². The summed E-state index contributed by atoms with van der Waals surface area (Å²) in [5.74, 6) is -0.557. The standard InChI is InChI=1S/C22H18F2N4O2/c1-13-7-8-20(30-22(23)24)19(9-13)27-21(29)16-10-18(14-11-25-28(2)12-14)26-17-6-4-3-5-15(16)17/h3-12,22H,1-2H3,(H,27,29). The maximum absolute atomic E-state index is 13.2. The van der Waals surface area contributed by atoms with E-state index >= 15 is 0 Å². The monoisotopic (exact) mass is 408 g/mol. The van der Waals surface area contributed by atoms with E-state index < -0.39 is 12.5 Å². The lowest BCUT2D eigenvalue weighted by molar-refractivity contribution is -0.0493. The van der Waals surface area contributed by atoms with Crippen molar-refractivity contribution in [2.24, 2.45) is 7.05 Å². The minimum Gasteiger partial charge on any atom is -0.433 e. The molecule has 2 aromatic heterocycles. The van der Waals surface area contributed by atoms with Crippen LogP contribution in [0.4, 0.5) is 14.5 Å². The van der Waals surface area contributed by atoms with Crippen molar-refractivity contribution in [2.45, 2.75) is 13.5 Å². The third-order valence-electron chi connectivity index (χ3n) is 4.56. The average Bonchev–Trinajstić information content (AvgIpc) is 3.15. The number of alkyl halides is 2. The maximum Gasteiger partial charge on any atom is 0.387 e. The number of halogens is 2. The first kappa shape index (κ1) is 19.5. The van der Waals surface area contributed by atoms with Crippen LogP contribution >= 0.6 is 0 Å². The molecule has 152 valence electrons. The number of hydrogen-bond acceptors (Lipinski definition) is 4. The predicted molar refractivity (Wildman–Crippen MR) is 110 cm³/mol. The summed E-state index contributed by atoms with van der Waals surface area (Å²) in [4.78, 5) is 17.8. The van der Waals surface area contributed by atoms with Gasteiger partial charge in [-0.3, -0.25) is 9.48 Å². The molecular weight excluding hydrogens is 390 g/mol. The van der Waals surface area contributed by atoms with Crippen LogP contribution in [0, 0.1) is 6.92 Å². The molecule has 2 aromatic carbocycles. The van der Waals surface area contributed by atoms with E-state index in [0.29, 0.717) is 22.2 Å². The minimum atomic E-state index is -3.00. The summed E-state index contributed by atoms with van der Waals surface area (Å²) in [5, 5.41) is 7.50. The molecule has 0 radical (unpaired) electrons. The second-order valence-electron chi connectivity index (χ2n) is 6.81. The van der Waals surface area contributed by atoms with Crippen LogP contribution in [0.15, 0.2) is 60.9 Å². The Morgan fingerprint density at radius 3 is 2.70 bits per heavy atom. The number of para-hydroxylation sites is 1. The number of hydrogen-bond donors (Lipinski definition) is 1. The molecule has 4 rings (SSSR count). The van der Waals surface area contributed by atoms with Crippen LogP contribution in [-0.4, -0.2) is 27.3 Å². The molecule has 2 heterocycles. The van der Waals surface area contributed by atoms with Gasteiger partial charge in [-0.2, -0.15) is 13.9 Å². The molecule has 30 heavy (non-hydrogen) atoms. The van der Waals surface area contributed by atoms with Crippen LogP contribution in [0.2, 0.25) is 0 Å². The molecule has 0 aliphatic heterocycles. The number of nitrogens with zero attached hydrogens (tertiary/aromatic N) is 3. The Morgan fingerprint density at radius 2 is 1.97 bits per heavy atom. The first-order chi connectivity index (χ1) is 14.4. The summed E-state index contributed by atoms with van der Waals surface area (Å²) in [7, 11) is 1.79. The van der Waals surface area contributed by atoms with E-state index in [0.717, 1.165) is 11.1 Å². The second kappa shape index (κ2) is 7.90. The Bertz CT molecular complexity index is 1240. The van der Waals surface area contributed by atoms with Gasteiger partial charge in [0.2, 0.25) is 0 Å². The number of carbonyl (C=O) groups excluding carboxylic acids is 1. The van der Waals surface area contributed by atoms with E-state index in [-0.39, 0.29) is 11.4 Å². The van der Waals surface area contributed by atoms with E-state index in [9.17, 15) is 13.6 Å². The fourth-order valence-electron chi connectivity index (χ4n) is 3.19. The van der Waals surface area contributed by atoms with Gasteiger partial charge in [0.1, 0.15) is 5.75 Å². The molecule has 0 atom stereocenters. The number of ether oxygens (including phenoxy) is 1. The van der Waals surface area contributed by atoms with Crippen molar-refractivity contribution < 1.29 is 18.3 Å². The van der Waals surface area contributed by atoms with Gasteiger partial charge < -0.3 is 10.1 Å². The number of benzene rings is 2. The number of rotatable bonds is 5. The molecule has 6 nitrogen and oxygen atoms in total. The Kier molecular flexibility index (Phi) is 5.14. The molecule has 0 saturated heterocycles. The number of aryl methyl sites for hydroxylation is 2. The minimum absolute atomic E-state index is 0.102. The molecule has 0 aliphatic rings.